The number of aryl methyl sites for hydroxylation is 1. The molecule has 1 aromatic heterocycles. The third-order valence-corrected chi connectivity index (χ3v) is 5.10. The second-order valence-corrected chi connectivity index (χ2v) is 6.10. The van der Waals surface area contributed by atoms with Crippen molar-refractivity contribution in [3.05, 3.63) is 16.0 Å². The number of ketones is 1. The van der Waals surface area contributed by atoms with Gasteiger partial charge in [0.25, 0.3) is 0 Å². The first-order valence-electron chi connectivity index (χ1n) is 6.33. The predicted octanol–water partition coefficient (Wildman–Crippen LogP) is 2.91. The number of thiophene rings is 1. The number of fused-ring (bicyclic) bond motifs is 4. The monoisotopic (exact) mass is 246 g/mol. The molecule has 0 amide bonds. The summed E-state index contributed by atoms with van der Waals surface area (Å²) in [6.07, 6.45) is 5.14. The Morgan fingerprint density at radius 2 is 2.12 bits per heavy atom. The topological polar surface area (TPSA) is 32.7 Å². The summed E-state index contributed by atoms with van der Waals surface area (Å²) >= 11 is 1.76. The quantitative estimate of drug-likeness (QED) is 0.705. The van der Waals surface area contributed by atoms with Crippen LogP contribution in [0.1, 0.15) is 46.5 Å². The highest BCUT2D eigenvalue weighted by atomic mass is 32.1. The lowest BCUT2D eigenvalue weighted by Gasteiger charge is -2.23. The normalized spacial score (nSPS) is 22.0. The highest BCUT2D eigenvalue weighted by Crippen LogP contribution is 2.43. The number of amidine groups is 1. The third-order valence-electron chi connectivity index (χ3n) is 3.92. The summed E-state index contributed by atoms with van der Waals surface area (Å²) < 4.78 is 0. The highest BCUT2D eigenvalue weighted by Gasteiger charge is 2.32. The van der Waals surface area contributed by atoms with Crippen LogP contribution < -0.4 is 0 Å². The molecule has 0 N–H and O–H groups in total. The van der Waals surface area contributed by atoms with Gasteiger partial charge in [-0.25, -0.2) is 4.99 Å². The van der Waals surface area contributed by atoms with Gasteiger partial charge in [-0.3, -0.25) is 4.79 Å². The van der Waals surface area contributed by atoms with E-state index < -0.39 is 0 Å². The van der Waals surface area contributed by atoms with Crippen LogP contribution in [-0.4, -0.2) is 23.1 Å². The molecule has 4 heteroatoms. The molecular weight excluding hydrogens is 232 g/mol. The van der Waals surface area contributed by atoms with E-state index in [1.165, 1.54) is 22.7 Å². The van der Waals surface area contributed by atoms with Gasteiger partial charge in [0, 0.05) is 41.9 Å². The minimum Gasteiger partial charge on any atom is -0.356 e. The van der Waals surface area contributed by atoms with Crippen LogP contribution in [0.3, 0.4) is 0 Å². The van der Waals surface area contributed by atoms with Crippen molar-refractivity contribution in [1.29, 1.82) is 0 Å². The largest absolute Gasteiger partial charge is 0.356 e. The summed E-state index contributed by atoms with van der Waals surface area (Å²) in [6, 6.07) is 0. The van der Waals surface area contributed by atoms with Gasteiger partial charge in [0.2, 0.25) is 0 Å². The van der Waals surface area contributed by atoms with E-state index in [2.05, 4.69) is 4.90 Å². The van der Waals surface area contributed by atoms with Gasteiger partial charge in [-0.2, -0.15) is 0 Å². The fourth-order valence-corrected chi connectivity index (χ4v) is 4.36. The maximum absolute atomic E-state index is 12.1. The fraction of sp³-hybridized carbons (Fsp3) is 0.538. The molecule has 0 radical (unpaired) electrons. The number of nitrogens with zero attached hydrogens (tertiary/aromatic N) is 2. The molecule has 1 fully saturated rings. The van der Waals surface area contributed by atoms with E-state index in [9.17, 15) is 4.79 Å². The van der Waals surface area contributed by atoms with Crippen molar-refractivity contribution in [2.75, 3.05) is 6.54 Å². The molecule has 88 valence electrons. The zero-order valence-corrected chi connectivity index (χ0v) is 10.5. The molecule has 1 aromatic rings. The van der Waals surface area contributed by atoms with Crippen LogP contribution in [0.25, 0.3) is 0 Å². The summed E-state index contributed by atoms with van der Waals surface area (Å²) in [5.74, 6) is 1.59. The van der Waals surface area contributed by atoms with Crippen molar-refractivity contribution in [1.82, 2.24) is 4.90 Å². The average molecular weight is 246 g/mol. The van der Waals surface area contributed by atoms with Gasteiger partial charge in [-0.1, -0.05) is 0 Å². The zero-order chi connectivity index (χ0) is 11.4. The van der Waals surface area contributed by atoms with E-state index in [-0.39, 0.29) is 0 Å². The minimum atomic E-state index is 0.349. The maximum atomic E-state index is 12.1. The van der Waals surface area contributed by atoms with Crippen molar-refractivity contribution in [3.8, 4) is 0 Å². The second kappa shape index (κ2) is 3.42. The fourth-order valence-electron chi connectivity index (χ4n) is 3.10. The van der Waals surface area contributed by atoms with Crippen molar-refractivity contribution in [2.45, 2.75) is 38.6 Å². The number of Topliss-reactive ketones (excluding diaryl/α,β-unsaturated/α-hetero) is 1. The molecule has 0 aromatic carbocycles. The van der Waals surface area contributed by atoms with Gasteiger partial charge in [-0.05, 0) is 19.3 Å². The van der Waals surface area contributed by atoms with E-state index in [1.807, 2.05) is 0 Å². The van der Waals surface area contributed by atoms with Crippen LogP contribution in [0.15, 0.2) is 4.99 Å². The molecule has 0 unspecified atom stereocenters. The summed E-state index contributed by atoms with van der Waals surface area (Å²) in [5, 5.41) is 1.12. The number of rotatable bonds is 0. The summed E-state index contributed by atoms with van der Waals surface area (Å²) in [4.78, 5) is 20.4. The molecule has 0 atom stereocenters. The van der Waals surface area contributed by atoms with Crippen molar-refractivity contribution >= 4 is 28.0 Å². The molecule has 4 rings (SSSR count). The lowest BCUT2D eigenvalue weighted by Crippen LogP contribution is -2.27. The highest BCUT2D eigenvalue weighted by molar-refractivity contribution is 7.16. The van der Waals surface area contributed by atoms with Gasteiger partial charge >= 0.3 is 0 Å². The van der Waals surface area contributed by atoms with Gasteiger partial charge < -0.3 is 4.90 Å². The Hall–Kier alpha value is -1.16. The molecule has 0 spiro atoms. The van der Waals surface area contributed by atoms with E-state index >= 15 is 0 Å². The van der Waals surface area contributed by atoms with Crippen LogP contribution in [0, 0.1) is 0 Å². The lowest BCUT2D eigenvalue weighted by atomic mass is 9.94. The lowest BCUT2D eigenvalue weighted by molar-refractivity contribution is 0.0972. The number of carbonyl (C=O) groups excluding carboxylic acids is 1. The second-order valence-electron chi connectivity index (χ2n) is 5.01. The van der Waals surface area contributed by atoms with Crippen LogP contribution in [0.4, 0.5) is 5.00 Å². The van der Waals surface area contributed by atoms with Crippen LogP contribution >= 0.6 is 11.3 Å². The maximum Gasteiger partial charge on any atom is 0.164 e. The Balaban J connectivity index is 1.88. The van der Waals surface area contributed by atoms with Gasteiger partial charge in [-0.15, -0.1) is 11.3 Å². The summed E-state index contributed by atoms with van der Waals surface area (Å²) in [7, 11) is 0. The van der Waals surface area contributed by atoms with E-state index in [0.29, 0.717) is 5.78 Å². The van der Waals surface area contributed by atoms with Gasteiger partial charge in [0.05, 0.1) is 0 Å². The Kier molecular flexibility index (Phi) is 1.98. The van der Waals surface area contributed by atoms with Crippen molar-refractivity contribution < 1.29 is 4.79 Å². The molecule has 0 bridgehead atoms. The third kappa shape index (κ3) is 1.33. The van der Waals surface area contributed by atoms with E-state index in [0.717, 1.165) is 49.3 Å². The first-order valence-corrected chi connectivity index (χ1v) is 7.15. The van der Waals surface area contributed by atoms with Crippen LogP contribution in [-0.2, 0) is 13.0 Å². The molecule has 17 heavy (non-hydrogen) atoms. The average Bonchev–Trinajstić information content (AvgIpc) is 2.88. The molecule has 1 aliphatic carbocycles. The molecular formula is C13H14N2OS. The van der Waals surface area contributed by atoms with Crippen LogP contribution in [0.5, 0.6) is 0 Å². The minimum absolute atomic E-state index is 0.349. The van der Waals surface area contributed by atoms with Crippen molar-refractivity contribution in [2.24, 2.45) is 4.99 Å². The van der Waals surface area contributed by atoms with Crippen LogP contribution in [0.2, 0.25) is 0 Å². The summed E-state index contributed by atoms with van der Waals surface area (Å²) in [5.41, 5.74) is 2.26. The van der Waals surface area contributed by atoms with Gasteiger partial charge in [0.1, 0.15) is 10.8 Å². The zero-order valence-electron chi connectivity index (χ0n) is 9.66. The standard InChI is InChI=1S/C13H14N2OS/c16-9-3-1-4-10-12(9)8-7-15-6-2-5-11(15)14-13(8)17-10/h1-7H2. The Labute approximate surface area is 104 Å². The number of hydrogen-bond donors (Lipinski definition) is 0. The van der Waals surface area contributed by atoms with Gasteiger partial charge in [0.15, 0.2) is 5.78 Å². The first-order chi connectivity index (χ1) is 8.33. The Bertz CT molecular complexity index is 544. The molecule has 3 heterocycles. The predicted molar refractivity (Wildman–Crippen MR) is 68.3 cm³/mol. The van der Waals surface area contributed by atoms with E-state index in [4.69, 9.17) is 4.99 Å². The number of carbonyl (C=O) groups is 1. The SMILES string of the molecule is O=C1CCCc2sc3c(c21)CN1CCCC1=N3. The van der Waals surface area contributed by atoms with Crippen molar-refractivity contribution in [3.63, 3.8) is 0 Å². The first kappa shape index (κ1) is 9.83. The Morgan fingerprint density at radius 1 is 1.18 bits per heavy atom. The molecule has 3 nitrogen and oxygen atoms in total. The Morgan fingerprint density at radius 3 is 3.06 bits per heavy atom. The number of aliphatic imine (C=N–C) groups is 1. The summed E-state index contributed by atoms with van der Waals surface area (Å²) in [6.45, 7) is 2.03. The number of hydrogen-bond acceptors (Lipinski definition) is 4. The molecule has 2 aliphatic heterocycles. The van der Waals surface area contributed by atoms with E-state index in [1.54, 1.807) is 11.3 Å². The molecule has 0 saturated carbocycles. The molecule has 1 saturated heterocycles. The molecule has 3 aliphatic rings. The smallest absolute Gasteiger partial charge is 0.164 e.